The van der Waals surface area contributed by atoms with Crippen LogP contribution < -0.4 is 14.9 Å². The van der Waals surface area contributed by atoms with Crippen molar-refractivity contribution in [3.05, 3.63) is 64.3 Å². The van der Waals surface area contributed by atoms with Gasteiger partial charge in [0.1, 0.15) is 127 Å². The van der Waals surface area contributed by atoms with E-state index in [4.69, 9.17) is 56.5 Å². The van der Waals surface area contributed by atoms with E-state index in [1.165, 1.54) is 26.0 Å². The third-order valence-electron chi connectivity index (χ3n) is 14.9. The SMILES string of the molecule is CC1O[C@@H](O[C@H]2CO[C@@H](Oc3c(O)cc(-c4oc5cc(O)cc(O)c5c(=O)c4O[C@@H]4OC(C)[C@H](O)[C@H](O)C4O[C@@H]4OC(COC(=O)/C=C/c5ccc(O)c(O)c5)[C@H](O)[C@H](O)C4O[C@@H]4OC(CO)[C@H](O)[C@H](O)C4O)cc3O)C(O)[C@H]2O)C(O)[C@@H](O)[C@H]1O. The molecule has 5 fully saturated rings. The number of aliphatic hydroxyl groups is 13. The predicted molar refractivity (Wildman–Crippen MR) is 275 cm³/mol. The molecular formula is C53H64O33. The van der Waals surface area contributed by atoms with Gasteiger partial charge >= 0.3 is 5.97 Å². The molecule has 0 aliphatic carbocycles. The largest absolute Gasteiger partial charge is 0.508 e. The average molecular weight is 1230 g/mol. The first kappa shape index (κ1) is 64.1. The number of fused-ring (bicyclic) bond motifs is 1. The van der Waals surface area contributed by atoms with Crippen molar-refractivity contribution < 1.29 is 158 Å². The van der Waals surface area contributed by atoms with E-state index in [1.54, 1.807) is 0 Å². The minimum absolute atomic E-state index is 0.224. The predicted octanol–water partition coefficient (Wildman–Crippen LogP) is -5.52. The highest BCUT2D eigenvalue weighted by Crippen LogP contribution is 2.46. The number of benzene rings is 3. The summed E-state index contributed by atoms with van der Waals surface area (Å²) in [5.74, 6) is -8.17. The third kappa shape index (κ3) is 13.0. The zero-order chi connectivity index (χ0) is 62.5. The molecule has 5 aliphatic rings. The molecule has 5 aliphatic heterocycles. The fraction of sp³-hybridized carbons (Fsp3) is 0.547. The van der Waals surface area contributed by atoms with Crippen LogP contribution in [0, 0.1) is 0 Å². The Hall–Kier alpha value is -6.36. The van der Waals surface area contributed by atoms with Crippen molar-refractivity contribution in [2.75, 3.05) is 19.8 Å². The van der Waals surface area contributed by atoms with Crippen LogP contribution in [0.25, 0.3) is 28.4 Å². The van der Waals surface area contributed by atoms with Gasteiger partial charge in [-0.15, -0.1) is 0 Å². The zero-order valence-corrected chi connectivity index (χ0v) is 44.9. The Morgan fingerprint density at radius 2 is 1.10 bits per heavy atom. The summed E-state index contributed by atoms with van der Waals surface area (Å²) in [4.78, 5) is 27.6. The number of rotatable bonds is 16. The Bertz CT molecular complexity index is 3100. The molecule has 33 nitrogen and oxygen atoms in total. The molecule has 0 amide bonds. The molecule has 33 heteroatoms. The van der Waals surface area contributed by atoms with E-state index < -0.39 is 247 Å². The Kier molecular flexibility index (Phi) is 19.5. The molecule has 9 unspecified atom stereocenters. The Balaban J connectivity index is 1.02. The lowest BCUT2D eigenvalue weighted by atomic mass is 9.96. The first-order valence-electron chi connectivity index (χ1n) is 26.4. The molecule has 4 aromatic rings. The second-order valence-electron chi connectivity index (χ2n) is 20.9. The van der Waals surface area contributed by atoms with Gasteiger partial charge in [0.2, 0.25) is 29.5 Å². The summed E-state index contributed by atoms with van der Waals surface area (Å²) in [6.45, 7) is 0.137. The number of aromatic hydroxyl groups is 6. The van der Waals surface area contributed by atoms with Crippen LogP contribution in [0.3, 0.4) is 0 Å². The van der Waals surface area contributed by atoms with Gasteiger partial charge in [-0.25, -0.2) is 4.79 Å². The van der Waals surface area contributed by atoms with Gasteiger partial charge < -0.3 is 154 Å². The van der Waals surface area contributed by atoms with Crippen molar-refractivity contribution in [3.63, 3.8) is 0 Å². The molecule has 0 saturated carbocycles. The zero-order valence-electron chi connectivity index (χ0n) is 44.9. The quantitative estimate of drug-likeness (QED) is 0.0283. The molecule has 3 aromatic carbocycles. The standard InChI is InChI=1S/C53H64O33/c1-15-31(62)37(68)42(73)50(77-15)81-28-14-76-49(41(72)35(28)66)83-45-23(59)8-18(9-24(45)60)44-46(36(67)30-22(58)10-19(55)11-25(30)79-44)84-52-47(39(70)32(63)16(2)78-52)86-53-48(85-51-43(74)38(69)33(64)26(12-54)80-51)40(71)34(65)27(82-53)13-75-29(61)6-4-17-3-5-20(56)21(57)7-17/h3-11,15-16,26-28,31-35,37-43,47-60,62-66,68-74H,12-14H2,1-2H3/b6-4+/t15?,16?,26?,27?,28-,31-,32-,33-,34-,35-,37-,38-,39-,40-,41?,42?,43?,47?,48?,49-,50-,51-,52-,53-/m0/s1. The van der Waals surface area contributed by atoms with Crippen molar-refractivity contribution in [2.24, 2.45) is 0 Å². The van der Waals surface area contributed by atoms with Gasteiger partial charge in [-0.1, -0.05) is 6.07 Å². The fourth-order valence-corrected chi connectivity index (χ4v) is 9.99. The van der Waals surface area contributed by atoms with Crippen LogP contribution in [-0.4, -0.2) is 270 Å². The molecule has 0 bridgehead atoms. The molecule has 0 spiro atoms. The van der Waals surface area contributed by atoms with E-state index in [9.17, 15) is 107 Å². The molecule has 6 heterocycles. The third-order valence-corrected chi connectivity index (χ3v) is 14.9. The van der Waals surface area contributed by atoms with Crippen molar-refractivity contribution in [3.8, 4) is 57.3 Å². The molecule has 19 N–H and O–H groups in total. The van der Waals surface area contributed by atoms with E-state index in [0.717, 1.165) is 42.5 Å². The van der Waals surface area contributed by atoms with E-state index in [-0.39, 0.29) is 5.56 Å². The molecule has 1 aromatic heterocycles. The highest BCUT2D eigenvalue weighted by molar-refractivity contribution is 5.89. The van der Waals surface area contributed by atoms with Crippen LogP contribution in [-0.2, 0) is 47.4 Å². The van der Waals surface area contributed by atoms with Crippen LogP contribution in [0.15, 0.2) is 57.8 Å². The maximum Gasteiger partial charge on any atom is 0.330 e. The van der Waals surface area contributed by atoms with Gasteiger partial charge in [-0.05, 0) is 49.8 Å². The normalized spacial score (nSPS) is 37.8. The average Bonchev–Trinajstić information content (AvgIpc) is 1.01. The lowest BCUT2D eigenvalue weighted by Crippen LogP contribution is -2.67. The lowest BCUT2D eigenvalue weighted by Gasteiger charge is -2.48. The van der Waals surface area contributed by atoms with Gasteiger partial charge in [0.05, 0.1) is 25.4 Å². The van der Waals surface area contributed by atoms with Gasteiger partial charge in [-0.3, -0.25) is 4.79 Å². The maximum absolute atomic E-state index is 14.7. The minimum atomic E-state index is -2.26. The minimum Gasteiger partial charge on any atom is -0.508 e. The first-order valence-corrected chi connectivity index (χ1v) is 26.4. The van der Waals surface area contributed by atoms with Crippen LogP contribution in [0.4, 0.5) is 0 Å². The molecule has 86 heavy (non-hydrogen) atoms. The van der Waals surface area contributed by atoms with Gasteiger partial charge in [0.25, 0.3) is 0 Å². The number of esters is 1. The summed E-state index contributed by atoms with van der Waals surface area (Å²) in [5.41, 5.74) is -2.10. The number of hydrogen-bond acceptors (Lipinski definition) is 33. The fourth-order valence-electron chi connectivity index (χ4n) is 9.99. The molecule has 0 radical (unpaired) electrons. The van der Waals surface area contributed by atoms with Crippen LogP contribution in [0.2, 0.25) is 0 Å². The topological polar surface area (TPSA) is 533 Å². The van der Waals surface area contributed by atoms with Crippen molar-refractivity contribution in [1.29, 1.82) is 0 Å². The second-order valence-corrected chi connectivity index (χ2v) is 20.9. The van der Waals surface area contributed by atoms with Crippen molar-refractivity contribution in [1.82, 2.24) is 0 Å². The molecule has 24 atom stereocenters. The van der Waals surface area contributed by atoms with Gasteiger partial charge in [0.15, 0.2) is 53.7 Å². The first-order chi connectivity index (χ1) is 40.7. The maximum atomic E-state index is 14.7. The number of phenols is 6. The highest BCUT2D eigenvalue weighted by Gasteiger charge is 2.55. The number of ether oxygens (including phenoxy) is 11. The van der Waals surface area contributed by atoms with Crippen LogP contribution >= 0.6 is 0 Å². The van der Waals surface area contributed by atoms with E-state index >= 15 is 0 Å². The van der Waals surface area contributed by atoms with Crippen molar-refractivity contribution >= 4 is 23.0 Å². The number of hydrogen-bond donors (Lipinski definition) is 19. The summed E-state index contributed by atoms with van der Waals surface area (Å²) in [6.07, 6.45) is -43.2. The van der Waals surface area contributed by atoms with Crippen LogP contribution in [0.1, 0.15) is 19.4 Å². The smallest absolute Gasteiger partial charge is 0.330 e. The summed E-state index contributed by atoms with van der Waals surface area (Å²) < 4.78 is 68.8. The molecular weight excluding hydrogens is 1160 g/mol. The van der Waals surface area contributed by atoms with E-state index in [2.05, 4.69) is 0 Å². The van der Waals surface area contributed by atoms with Crippen LogP contribution in [0.5, 0.6) is 46.0 Å². The number of carbonyl (C=O) groups is 1. The monoisotopic (exact) mass is 1230 g/mol. The molecule has 474 valence electrons. The van der Waals surface area contributed by atoms with E-state index in [0.29, 0.717) is 0 Å². The Morgan fingerprint density at radius 1 is 0.547 bits per heavy atom. The van der Waals surface area contributed by atoms with Gasteiger partial charge in [-0.2, -0.15) is 0 Å². The van der Waals surface area contributed by atoms with Gasteiger partial charge in [0, 0.05) is 23.8 Å². The second kappa shape index (κ2) is 26.1. The number of phenolic OH excluding ortho intramolecular Hbond substituents is 6. The Labute approximate surface area is 483 Å². The number of carbonyl (C=O) groups excluding carboxylic acids is 1. The van der Waals surface area contributed by atoms with Crippen molar-refractivity contribution in [2.45, 2.75) is 161 Å². The Morgan fingerprint density at radius 3 is 1.77 bits per heavy atom. The van der Waals surface area contributed by atoms with E-state index in [1.807, 2.05) is 0 Å². The summed E-state index contributed by atoms with van der Waals surface area (Å²) in [6, 6.07) is 6.81. The molecule has 5 saturated heterocycles. The number of aliphatic hydroxyl groups excluding tert-OH is 13. The molecule has 9 rings (SSSR count). The lowest BCUT2D eigenvalue weighted by molar-refractivity contribution is -0.388. The summed E-state index contributed by atoms with van der Waals surface area (Å²) in [5, 5.41) is 204. The summed E-state index contributed by atoms with van der Waals surface area (Å²) in [7, 11) is 0. The highest BCUT2D eigenvalue weighted by atomic mass is 16.8. The summed E-state index contributed by atoms with van der Waals surface area (Å²) >= 11 is 0.